The largest absolute Gasteiger partial charge is 0.405 e. The van der Waals surface area contributed by atoms with Gasteiger partial charge in [-0.1, -0.05) is 0 Å². The van der Waals surface area contributed by atoms with E-state index in [9.17, 15) is 13.2 Å². The molecule has 0 saturated heterocycles. The van der Waals surface area contributed by atoms with Crippen LogP contribution in [-0.4, -0.2) is 40.9 Å². The summed E-state index contributed by atoms with van der Waals surface area (Å²) in [4.78, 5) is 9.35. The van der Waals surface area contributed by atoms with Gasteiger partial charge in [0.05, 0.1) is 6.61 Å². The Labute approximate surface area is 114 Å². The van der Waals surface area contributed by atoms with E-state index in [4.69, 9.17) is 10.8 Å². The van der Waals surface area contributed by atoms with E-state index >= 15 is 0 Å². The molecule has 1 aromatic heterocycles. The summed E-state index contributed by atoms with van der Waals surface area (Å²) in [7, 11) is 0. The predicted octanol–water partition coefficient (Wildman–Crippen LogP) is 1.61. The van der Waals surface area contributed by atoms with Gasteiger partial charge < -0.3 is 15.7 Å². The fourth-order valence-corrected chi connectivity index (χ4v) is 1.97. The second-order valence-electron chi connectivity index (χ2n) is 4.95. The minimum absolute atomic E-state index is 0.152. The average Bonchev–Trinajstić information content (AvgIpc) is 3.14. The van der Waals surface area contributed by atoms with Crippen LogP contribution in [0.2, 0.25) is 0 Å². The summed E-state index contributed by atoms with van der Waals surface area (Å²) in [6, 6.07) is 0. The summed E-state index contributed by atoms with van der Waals surface area (Å²) in [6.07, 6.45) is -2.51. The van der Waals surface area contributed by atoms with Crippen LogP contribution in [0.3, 0.4) is 0 Å². The number of aliphatic hydroxyl groups excluding tert-OH is 1. The first-order valence-electron chi connectivity index (χ1n) is 6.38. The summed E-state index contributed by atoms with van der Waals surface area (Å²) >= 11 is 0. The normalized spacial score (nSPS) is 15.4. The summed E-state index contributed by atoms with van der Waals surface area (Å²) in [5.41, 5.74) is 6.17. The maximum absolute atomic E-state index is 12.6. The molecule has 0 unspecified atom stereocenters. The van der Waals surface area contributed by atoms with Crippen molar-refractivity contribution in [2.24, 2.45) is 0 Å². The van der Waals surface area contributed by atoms with Crippen LogP contribution < -0.4 is 10.6 Å². The first-order chi connectivity index (χ1) is 9.31. The van der Waals surface area contributed by atoms with E-state index in [0.717, 1.165) is 17.7 Å². The Kier molecular flexibility index (Phi) is 4.03. The van der Waals surface area contributed by atoms with Gasteiger partial charge in [-0.3, -0.25) is 0 Å². The van der Waals surface area contributed by atoms with Gasteiger partial charge in [0.2, 0.25) is 0 Å². The highest BCUT2D eigenvalue weighted by Crippen LogP contribution is 2.39. The van der Waals surface area contributed by atoms with Crippen LogP contribution in [0, 0.1) is 6.92 Å². The fraction of sp³-hybridized carbons (Fsp3) is 0.667. The first-order valence-corrected chi connectivity index (χ1v) is 6.38. The molecule has 1 aliphatic rings. The molecular weight excluding hydrogens is 273 g/mol. The highest BCUT2D eigenvalue weighted by atomic mass is 19.4. The van der Waals surface area contributed by atoms with Gasteiger partial charge in [0.1, 0.15) is 24.0 Å². The molecule has 112 valence electrons. The highest BCUT2D eigenvalue weighted by molar-refractivity contribution is 5.57. The van der Waals surface area contributed by atoms with Gasteiger partial charge in [0.15, 0.2) is 0 Å². The quantitative estimate of drug-likeness (QED) is 0.861. The molecule has 0 amide bonds. The number of alkyl halides is 3. The molecule has 0 bridgehead atoms. The third kappa shape index (κ3) is 3.50. The molecule has 1 heterocycles. The number of anilines is 2. The topological polar surface area (TPSA) is 75.3 Å². The zero-order chi connectivity index (χ0) is 14.9. The Morgan fingerprint density at radius 1 is 1.35 bits per heavy atom. The number of hydrogen-bond donors (Lipinski definition) is 2. The number of nitrogens with two attached hydrogens (primary N) is 1. The average molecular weight is 290 g/mol. The SMILES string of the molecule is Cc1c(N)nc(C2CC2)nc1N(CCO)CC(F)(F)F. The molecular formula is C12H17F3N4O. The highest BCUT2D eigenvalue weighted by Gasteiger charge is 2.33. The van der Waals surface area contributed by atoms with Crippen LogP contribution in [0.4, 0.5) is 24.8 Å². The standard InChI is InChI=1S/C12H17F3N4O/c1-7-9(16)17-10(8-2-3-8)18-11(7)19(4-5-20)6-12(13,14)15/h8,20H,2-6H2,1H3,(H2,16,17,18). The van der Waals surface area contributed by atoms with E-state index < -0.39 is 19.3 Å². The Morgan fingerprint density at radius 3 is 2.50 bits per heavy atom. The molecule has 0 spiro atoms. The molecule has 1 fully saturated rings. The number of nitrogens with zero attached hydrogens (tertiary/aromatic N) is 3. The Hall–Kier alpha value is -1.57. The van der Waals surface area contributed by atoms with E-state index in [-0.39, 0.29) is 24.1 Å². The molecule has 1 saturated carbocycles. The van der Waals surface area contributed by atoms with Crippen molar-refractivity contribution in [3.05, 3.63) is 11.4 Å². The van der Waals surface area contributed by atoms with Gasteiger partial charge in [-0.15, -0.1) is 0 Å². The lowest BCUT2D eigenvalue weighted by Gasteiger charge is -2.26. The molecule has 3 N–H and O–H groups in total. The van der Waals surface area contributed by atoms with Crippen LogP contribution in [0.5, 0.6) is 0 Å². The molecule has 1 aromatic rings. The molecule has 20 heavy (non-hydrogen) atoms. The summed E-state index contributed by atoms with van der Waals surface area (Å²) in [6.45, 7) is -0.129. The predicted molar refractivity (Wildman–Crippen MR) is 68.5 cm³/mol. The van der Waals surface area contributed by atoms with Gasteiger partial charge in [0.25, 0.3) is 0 Å². The molecule has 0 radical (unpaired) electrons. The van der Waals surface area contributed by atoms with Gasteiger partial charge in [-0.05, 0) is 19.8 Å². The number of aliphatic hydroxyl groups is 1. The van der Waals surface area contributed by atoms with Crippen molar-refractivity contribution in [2.75, 3.05) is 30.3 Å². The molecule has 5 nitrogen and oxygen atoms in total. The van der Waals surface area contributed by atoms with Crippen molar-refractivity contribution in [1.82, 2.24) is 9.97 Å². The first kappa shape index (κ1) is 14.8. The lowest BCUT2D eigenvalue weighted by molar-refractivity contribution is -0.120. The summed E-state index contributed by atoms with van der Waals surface area (Å²) in [5.74, 6) is 1.04. The second-order valence-corrected chi connectivity index (χ2v) is 4.95. The Balaban J connectivity index is 2.35. The monoisotopic (exact) mass is 290 g/mol. The molecule has 0 aromatic carbocycles. The minimum atomic E-state index is -4.37. The van der Waals surface area contributed by atoms with E-state index in [1.54, 1.807) is 6.92 Å². The maximum atomic E-state index is 12.6. The zero-order valence-corrected chi connectivity index (χ0v) is 11.1. The zero-order valence-electron chi connectivity index (χ0n) is 11.1. The van der Waals surface area contributed by atoms with E-state index in [0.29, 0.717) is 11.4 Å². The van der Waals surface area contributed by atoms with Gasteiger partial charge in [0, 0.05) is 18.0 Å². The van der Waals surface area contributed by atoms with Crippen molar-refractivity contribution < 1.29 is 18.3 Å². The van der Waals surface area contributed by atoms with Crippen molar-refractivity contribution >= 4 is 11.6 Å². The van der Waals surface area contributed by atoms with Crippen molar-refractivity contribution in [2.45, 2.75) is 31.9 Å². The fourth-order valence-electron chi connectivity index (χ4n) is 1.97. The molecule has 0 atom stereocenters. The van der Waals surface area contributed by atoms with Crippen molar-refractivity contribution in [1.29, 1.82) is 0 Å². The number of hydrogen-bond acceptors (Lipinski definition) is 5. The summed E-state index contributed by atoms with van der Waals surface area (Å²) < 4.78 is 37.9. The lowest BCUT2D eigenvalue weighted by atomic mass is 10.2. The third-order valence-corrected chi connectivity index (χ3v) is 3.16. The van der Waals surface area contributed by atoms with Gasteiger partial charge in [-0.2, -0.15) is 13.2 Å². The number of nitrogen functional groups attached to an aromatic ring is 1. The second kappa shape index (κ2) is 5.43. The number of halogens is 3. The molecule has 0 aliphatic heterocycles. The van der Waals surface area contributed by atoms with Crippen LogP contribution in [0.25, 0.3) is 0 Å². The van der Waals surface area contributed by atoms with Crippen LogP contribution in [-0.2, 0) is 0 Å². The van der Waals surface area contributed by atoms with Crippen molar-refractivity contribution in [3.8, 4) is 0 Å². The Bertz CT molecular complexity index is 488. The smallest absolute Gasteiger partial charge is 0.395 e. The maximum Gasteiger partial charge on any atom is 0.405 e. The van der Waals surface area contributed by atoms with Crippen LogP contribution >= 0.6 is 0 Å². The minimum Gasteiger partial charge on any atom is -0.395 e. The van der Waals surface area contributed by atoms with Crippen LogP contribution in [0.15, 0.2) is 0 Å². The Morgan fingerprint density at radius 2 is 2.00 bits per heavy atom. The van der Waals surface area contributed by atoms with Gasteiger partial charge >= 0.3 is 6.18 Å². The number of rotatable bonds is 5. The molecule has 2 rings (SSSR count). The molecule has 8 heteroatoms. The van der Waals surface area contributed by atoms with E-state index in [1.165, 1.54) is 0 Å². The van der Waals surface area contributed by atoms with E-state index in [2.05, 4.69) is 9.97 Å². The van der Waals surface area contributed by atoms with Gasteiger partial charge in [-0.25, -0.2) is 9.97 Å². The molecule has 1 aliphatic carbocycles. The number of aromatic nitrogens is 2. The third-order valence-electron chi connectivity index (χ3n) is 3.16. The lowest BCUT2D eigenvalue weighted by Crippen LogP contribution is -2.37. The van der Waals surface area contributed by atoms with Crippen LogP contribution in [0.1, 0.15) is 30.1 Å². The summed E-state index contributed by atoms with van der Waals surface area (Å²) in [5, 5.41) is 8.96. The van der Waals surface area contributed by atoms with E-state index in [1.807, 2.05) is 0 Å². The van der Waals surface area contributed by atoms with Crippen molar-refractivity contribution in [3.63, 3.8) is 0 Å².